The second-order valence-corrected chi connectivity index (χ2v) is 7.15. The summed E-state index contributed by atoms with van der Waals surface area (Å²) in [6.07, 6.45) is -3.66. The summed E-state index contributed by atoms with van der Waals surface area (Å²) in [5.74, 6) is -0.127. The fourth-order valence-corrected chi connectivity index (χ4v) is 3.53. The smallest absolute Gasteiger partial charge is 0.380 e. The molecule has 0 atom stereocenters. The van der Waals surface area contributed by atoms with E-state index in [-0.39, 0.29) is 19.0 Å². The van der Waals surface area contributed by atoms with Gasteiger partial charge in [0, 0.05) is 42.1 Å². The SMILES string of the molecule is Cc1ccc(CCCC(=O)N2CCC(O)(C(F)(F)F)CC2)s1. The number of aryl methyl sites for hydroxylation is 2. The van der Waals surface area contributed by atoms with Gasteiger partial charge in [-0.15, -0.1) is 11.3 Å². The number of hydrogen-bond donors (Lipinski definition) is 1. The summed E-state index contributed by atoms with van der Waals surface area (Å²) in [4.78, 5) is 15.9. The Bertz CT molecular complexity index is 519. The minimum Gasteiger partial charge on any atom is -0.380 e. The van der Waals surface area contributed by atoms with E-state index < -0.39 is 24.6 Å². The van der Waals surface area contributed by atoms with Crippen molar-refractivity contribution >= 4 is 17.2 Å². The molecule has 0 unspecified atom stereocenters. The van der Waals surface area contributed by atoms with E-state index in [9.17, 15) is 23.1 Å². The van der Waals surface area contributed by atoms with E-state index in [1.807, 2.05) is 19.1 Å². The average Bonchev–Trinajstić information content (AvgIpc) is 2.84. The van der Waals surface area contributed by atoms with Crippen LogP contribution in [-0.2, 0) is 11.2 Å². The van der Waals surface area contributed by atoms with Crippen molar-refractivity contribution in [2.45, 2.75) is 50.8 Å². The highest BCUT2D eigenvalue weighted by atomic mass is 32.1. The molecule has 124 valence electrons. The largest absolute Gasteiger partial charge is 0.417 e. The molecule has 22 heavy (non-hydrogen) atoms. The van der Waals surface area contributed by atoms with Crippen LogP contribution in [-0.4, -0.2) is 40.8 Å². The Kier molecular flexibility index (Phi) is 5.17. The maximum absolute atomic E-state index is 12.7. The zero-order chi connectivity index (χ0) is 16.4. The number of likely N-dealkylation sites (tertiary alicyclic amines) is 1. The van der Waals surface area contributed by atoms with Crippen molar-refractivity contribution < 1.29 is 23.1 Å². The third-order valence-electron chi connectivity index (χ3n) is 4.08. The Labute approximate surface area is 131 Å². The molecular formula is C15H20F3NO2S. The lowest BCUT2D eigenvalue weighted by molar-refractivity contribution is -0.272. The number of amides is 1. The molecule has 1 amide bonds. The maximum atomic E-state index is 12.7. The van der Waals surface area contributed by atoms with Gasteiger partial charge >= 0.3 is 6.18 Å². The third kappa shape index (κ3) is 4.01. The number of nitrogens with zero attached hydrogens (tertiary/aromatic N) is 1. The first-order chi connectivity index (χ1) is 10.2. The molecule has 2 heterocycles. The van der Waals surface area contributed by atoms with Crippen LogP contribution < -0.4 is 0 Å². The lowest BCUT2D eigenvalue weighted by Gasteiger charge is -2.39. The summed E-state index contributed by atoms with van der Waals surface area (Å²) >= 11 is 1.69. The number of carbonyl (C=O) groups is 1. The van der Waals surface area contributed by atoms with E-state index in [0.29, 0.717) is 12.8 Å². The summed E-state index contributed by atoms with van der Waals surface area (Å²) in [5, 5.41) is 9.57. The molecule has 1 aliphatic heterocycles. The number of hydrogen-bond acceptors (Lipinski definition) is 3. The van der Waals surface area contributed by atoms with Gasteiger partial charge < -0.3 is 10.0 Å². The van der Waals surface area contributed by atoms with Gasteiger partial charge in [-0.1, -0.05) is 0 Å². The molecule has 1 aromatic rings. The predicted octanol–water partition coefficient (Wildman–Crippen LogP) is 3.30. The van der Waals surface area contributed by atoms with E-state index in [2.05, 4.69) is 0 Å². The Morgan fingerprint density at radius 1 is 1.36 bits per heavy atom. The highest BCUT2D eigenvalue weighted by Gasteiger charge is 2.54. The van der Waals surface area contributed by atoms with Crippen LogP contribution in [0.25, 0.3) is 0 Å². The monoisotopic (exact) mass is 335 g/mol. The van der Waals surface area contributed by atoms with E-state index in [4.69, 9.17) is 0 Å². The second-order valence-electron chi connectivity index (χ2n) is 5.78. The molecule has 0 saturated carbocycles. The number of carbonyl (C=O) groups excluding carboxylic acids is 1. The Hall–Kier alpha value is -1.08. The van der Waals surface area contributed by atoms with Gasteiger partial charge in [-0.2, -0.15) is 13.2 Å². The molecule has 3 nitrogen and oxygen atoms in total. The Balaban J connectivity index is 1.75. The van der Waals surface area contributed by atoms with Gasteiger partial charge in [-0.05, 0) is 31.9 Å². The Morgan fingerprint density at radius 2 is 2.00 bits per heavy atom. The third-order valence-corrected chi connectivity index (χ3v) is 5.14. The van der Waals surface area contributed by atoms with E-state index in [0.717, 1.165) is 6.42 Å². The van der Waals surface area contributed by atoms with Crippen molar-refractivity contribution in [1.29, 1.82) is 0 Å². The van der Waals surface area contributed by atoms with Crippen molar-refractivity contribution in [1.82, 2.24) is 4.90 Å². The number of halogens is 3. The number of alkyl halides is 3. The first-order valence-electron chi connectivity index (χ1n) is 7.33. The molecule has 0 aromatic carbocycles. The van der Waals surface area contributed by atoms with E-state index >= 15 is 0 Å². The Morgan fingerprint density at radius 3 is 2.50 bits per heavy atom. The van der Waals surface area contributed by atoms with E-state index in [1.165, 1.54) is 14.7 Å². The summed E-state index contributed by atoms with van der Waals surface area (Å²) < 4.78 is 38.1. The molecule has 0 aliphatic carbocycles. The van der Waals surface area contributed by atoms with Gasteiger partial charge in [0.25, 0.3) is 0 Å². The van der Waals surface area contributed by atoms with Crippen molar-refractivity contribution in [3.05, 3.63) is 21.9 Å². The lowest BCUT2D eigenvalue weighted by atomic mass is 9.90. The van der Waals surface area contributed by atoms with Crippen LogP contribution in [0.5, 0.6) is 0 Å². The molecule has 1 fully saturated rings. The van der Waals surface area contributed by atoms with Crippen LogP contribution in [0.1, 0.15) is 35.4 Å². The second kappa shape index (κ2) is 6.58. The number of thiophene rings is 1. The molecule has 1 aliphatic rings. The van der Waals surface area contributed by atoms with Crippen molar-refractivity contribution in [2.75, 3.05) is 13.1 Å². The van der Waals surface area contributed by atoms with Crippen LogP contribution in [0, 0.1) is 6.92 Å². The van der Waals surface area contributed by atoms with Gasteiger partial charge in [0.15, 0.2) is 5.60 Å². The first kappa shape index (κ1) is 17.3. The normalized spacial score (nSPS) is 18.5. The minimum atomic E-state index is -4.63. The molecule has 7 heteroatoms. The topological polar surface area (TPSA) is 40.5 Å². The molecule has 2 rings (SSSR count). The summed E-state index contributed by atoms with van der Waals surface area (Å²) in [5.41, 5.74) is -2.64. The zero-order valence-electron chi connectivity index (χ0n) is 12.4. The average molecular weight is 335 g/mol. The highest BCUT2D eigenvalue weighted by Crippen LogP contribution is 2.38. The van der Waals surface area contributed by atoms with Crippen LogP contribution in [0.2, 0.25) is 0 Å². The summed E-state index contributed by atoms with van der Waals surface area (Å²) in [6, 6.07) is 4.07. The fourth-order valence-electron chi connectivity index (χ4n) is 2.60. The van der Waals surface area contributed by atoms with Gasteiger partial charge in [0.2, 0.25) is 5.91 Å². The van der Waals surface area contributed by atoms with Crippen LogP contribution in [0.4, 0.5) is 13.2 Å². The van der Waals surface area contributed by atoms with Gasteiger partial charge in [0.1, 0.15) is 0 Å². The summed E-state index contributed by atoms with van der Waals surface area (Å²) in [6.45, 7) is 1.95. The van der Waals surface area contributed by atoms with Crippen molar-refractivity contribution in [2.24, 2.45) is 0 Å². The van der Waals surface area contributed by atoms with Crippen LogP contribution >= 0.6 is 11.3 Å². The van der Waals surface area contributed by atoms with Crippen molar-refractivity contribution in [3.63, 3.8) is 0 Å². The number of piperidine rings is 1. The number of rotatable bonds is 4. The molecule has 0 radical (unpaired) electrons. The van der Waals surface area contributed by atoms with E-state index in [1.54, 1.807) is 11.3 Å². The fraction of sp³-hybridized carbons (Fsp3) is 0.667. The van der Waals surface area contributed by atoms with Crippen LogP contribution in [0.15, 0.2) is 12.1 Å². The summed E-state index contributed by atoms with van der Waals surface area (Å²) in [7, 11) is 0. The highest BCUT2D eigenvalue weighted by molar-refractivity contribution is 7.11. The first-order valence-corrected chi connectivity index (χ1v) is 8.15. The maximum Gasteiger partial charge on any atom is 0.417 e. The standard InChI is InChI=1S/C15H20F3NO2S/c1-11-5-6-12(22-11)3-2-4-13(20)19-9-7-14(21,8-10-19)15(16,17)18/h5-6,21H,2-4,7-10H2,1H3. The van der Waals surface area contributed by atoms with Crippen LogP contribution in [0.3, 0.4) is 0 Å². The molecule has 1 saturated heterocycles. The molecule has 0 spiro atoms. The minimum absolute atomic E-state index is 0.0348. The van der Waals surface area contributed by atoms with Gasteiger partial charge in [-0.25, -0.2) is 0 Å². The van der Waals surface area contributed by atoms with Crippen molar-refractivity contribution in [3.8, 4) is 0 Å². The van der Waals surface area contributed by atoms with Gasteiger partial charge in [0.05, 0.1) is 0 Å². The molecular weight excluding hydrogens is 315 g/mol. The predicted molar refractivity (Wildman–Crippen MR) is 78.8 cm³/mol. The number of aliphatic hydroxyl groups is 1. The zero-order valence-corrected chi connectivity index (χ0v) is 13.3. The molecule has 1 N–H and O–H groups in total. The van der Waals surface area contributed by atoms with Gasteiger partial charge in [-0.3, -0.25) is 4.79 Å². The molecule has 1 aromatic heterocycles. The lowest BCUT2D eigenvalue weighted by Crippen LogP contribution is -2.54. The quantitative estimate of drug-likeness (QED) is 0.917. The molecule has 0 bridgehead atoms.